The summed E-state index contributed by atoms with van der Waals surface area (Å²) in [5.41, 5.74) is 0.457. The molecule has 1 amide bonds. The summed E-state index contributed by atoms with van der Waals surface area (Å²) in [7, 11) is 0. The van der Waals surface area contributed by atoms with Crippen LogP contribution in [0.3, 0.4) is 0 Å². The van der Waals surface area contributed by atoms with Crippen molar-refractivity contribution < 1.29 is 23.5 Å². The van der Waals surface area contributed by atoms with Gasteiger partial charge in [0, 0.05) is 12.4 Å². The van der Waals surface area contributed by atoms with E-state index in [9.17, 15) is 14.0 Å². The van der Waals surface area contributed by atoms with Crippen LogP contribution in [-0.4, -0.2) is 31.6 Å². The number of nitrogens with zero attached hydrogens (tertiary/aromatic N) is 3. The van der Waals surface area contributed by atoms with E-state index in [0.717, 1.165) is 12.1 Å². The number of benzene rings is 1. The third kappa shape index (κ3) is 2.55. The highest BCUT2D eigenvalue weighted by Crippen LogP contribution is 2.26. The summed E-state index contributed by atoms with van der Waals surface area (Å²) in [4.78, 5) is 27.6. The number of hydrogen-bond acceptors (Lipinski definition) is 5. The number of halogens is 1. The highest BCUT2D eigenvalue weighted by molar-refractivity contribution is 6.01. The first-order chi connectivity index (χ1) is 12.5. The normalized spacial score (nSPS) is 11.1. The molecule has 130 valence electrons. The van der Waals surface area contributed by atoms with Crippen LogP contribution in [0, 0.1) is 5.82 Å². The molecule has 9 heteroatoms. The first kappa shape index (κ1) is 15.8. The van der Waals surface area contributed by atoms with E-state index in [0.29, 0.717) is 5.65 Å². The minimum absolute atomic E-state index is 0.0455. The van der Waals surface area contributed by atoms with E-state index >= 15 is 0 Å². The highest BCUT2D eigenvalue weighted by atomic mass is 19.1. The molecule has 0 atom stereocenters. The van der Waals surface area contributed by atoms with E-state index in [2.05, 4.69) is 15.4 Å². The SMILES string of the molecule is O=C(O)c1ccc(F)c2cc(CNC(=O)c3cnn4cccnc34)oc12. The number of carbonyl (C=O) groups is 2. The van der Waals surface area contributed by atoms with Gasteiger partial charge in [-0.25, -0.2) is 18.7 Å². The maximum absolute atomic E-state index is 13.9. The smallest absolute Gasteiger partial charge is 0.339 e. The van der Waals surface area contributed by atoms with Crippen molar-refractivity contribution in [2.24, 2.45) is 0 Å². The number of carbonyl (C=O) groups excluding carboxylic acids is 1. The number of fused-ring (bicyclic) bond motifs is 2. The Morgan fingerprint density at radius 1 is 1.31 bits per heavy atom. The molecule has 3 aromatic heterocycles. The summed E-state index contributed by atoms with van der Waals surface area (Å²) in [6, 6.07) is 5.25. The van der Waals surface area contributed by atoms with Gasteiger partial charge in [-0.1, -0.05) is 0 Å². The average Bonchev–Trinajstić information content (AvgIpc) is 3.24. The summed E-state index contributed by atoms with van der Waals surface area (Å²) in [5, 5.41) is 15.9. The van der Waals surface area contributed by atoms with E-state index in [-0.39, 0.29) is 34.4 Å². The van der Waals surface area contributed by atoms with Gasteiger partial charge in [0.1, 0.15) is 22.7 Å². The van der Waals surface area contributed by atoms with Gasteiger partial charge in [-0.2, -0.15) is 5.10 Å². The minimum Gasteiger partial charge on any atom is -0.478 e. The second-order valence-electron chi connectivity index (χ2n) is 5.48. The molecule has 2 N–H and O–H groups in total. The van der Waals surface area contributed by atoms with Crippen molar-refractivity contribution in [3.63, 3.8) is 0 Å². The summed E-state index contributed by atoms with van der Waals surface area (Å²) in [5.74, 6) is -2.03. The zero-order chi connectivity index (χ0) is 18.3. The van der Waals surface area contributed by atoms with Gasteiger partial charge in [0.2, 0.25) is 0 Å². The third-order valence-electron chi connectivity index (χ3n) is 3.86. The van der Waals surface area contributed by atoms with Gasteiger partial charge < -0.3 is 14.8 Å². The van der Waals surface area contributed by atoms with Crippen molar-refractivity contribution in [3.05, 3.63) is 65.6 Å². The molecule has 8 nitrogen and oxygen atoms in total. The molecular weight excluding hydrogens is 343 g/mol. The third-order valence-corrected chi connectivity index (χ3v) is 3.86. The van der Waals surface area contributed by atoms with Gasteiger partial charge in [0.05, 0.1) is 18.1 Å². The molecule has 0 aliphatic heterocycles. The van der Waals surface area contributed by atoms with Crippen LogP contribution in [0.1, 0.15) is 26.5 Å². The largest absolute Gasteiger partial charge is 0.478 e. The second kappa shape index (κ2) is 5.96. The van der Waals surface area contributed by atoms with Gasteiger partial charge >= 0.3 is 5.97 Å². The van der Waals surface area contributed by atoms with Crippen molar-refractivity contribution >= 4 is 28.5 Å². The second-order valence-corrected chi connectivity index (χ2v) is 5.48. The van der Waals surface area contributed by atoms with Crippen LogP contribution in [0.4, 0.5) is 4.39 Å². The molecule has 0 aliphatic rings. The molecule has 0 saturated heterocycles. The summed E-state index contributed by atoms with van der Waals surface area (Å²) >= 11 is 0. The van der Waals surface area contributed by atoms with E-state index < -0.39 is 17.7 Å². The van der Waals surface area contributed by atoms with Crippen molar-refractivity contribution in [2.75, 3.05) is 0 Å². The fourth-order valence-electron chi connectivity index (χ4n) is 2.65. The number of amides is 1. The van der Waals surface area contributed by atoms with E-state index in [1.165, 1.54) is 16.8 Å². The predicted molar refractivity (Wildman–Crippen MR) is 87.3 cm³/mol. The maximum atomic E-state index is 13.9. The number of aromatic nitrogens is 3. The van der Waals surface area contributed by atoms with Crippen molar-refractivity contribution in [3.8, 4) is 0 Å². The molecule has 26 heavy (non-hydrogen) atoms. The lowest BCUT2D eigenvalue weighted by molar-refractivity contribution is 0.0697. The monoisotopic (exact) mass is 354 g/mol. The number of carboxylic acids is 1. The van der Waals surface area contributed by atoms with Gasteiger partial charge in [-0.15, -0.1) is 0 Å². The van der Waals surface area contributed by atoms with Crippen LogP contribution in [0.15, 0.2) is 47.3 Å². The predicted octanol–water partition coefficient (Wildman–Crippen LogP) is 2.24. The molecule has 0 saturated carbocycles. The quantitative estimate of drug-likeness (QED) is 0.582. The number of rotatable bonds is 4. The standard InChI is InChI=1S/C17H11FN4O4/c18-13-3-2-10(17(24)25)14-11(13)6-9(26-14)7-20-16(23)12-8-21-22-5-1-4-19-15(12)22/h1-6,8H,7H2,(H,20,23)(H,24,25). The lowest BCUT2D eigenvalue weighted by Crippen LogP contribution is -2.22. The molecule has 4 rings (SSSR count). The number of hydrogen-bond donors (Lipinski definition) is 2. The number of carboxylic acid groups (broad SMARTS) is 1. The lowest BCUT2D eigenvalue weighted by atomic mass is 10.1. The fourth-order valence-corrected chi connectivity index (χ4v) is 2.65. The minimum atomic E-state index is -1.22. The zero-order valence-corrected chi connectivity index (χ0v) is 13.1. The maximum Gasteiger partial charge on any atom is 0.339 e. The van der Waals surface area contributed by atoms with Gasteiger partial charge in [0.15, 0.2) is 11.2 Å². The Hall–Kier alpha value is -3.75. The highest BCUT2D eigenvalue weighted by Gasteiger charge is 2.18. The Morgan fingerprint density at radius 2 is 2.15 bits per heavy atom. The number of furan rings is 1. The van der Waals surface area contributed by atoms with Crippen molar-refractivity contribution in [1.29, 1.82) is 0 Å². The van der Waals surface area contributed by atoms with Gasteiger partial charge in [0.25, 0.3) is 5.91 Å². The first-order valence-corrected chi connectivity index (χ1v) is 7.55. The molecular formula is C17H11FN4O4. The fraction of sp³-hybridized carbons (Fsp3) is 0.0588. The Morgan fingerprint density at radius 3 is 2.96 bits per heavy atom. The van der Waals surface area contributed by atoms with Crippen LogP contribution in [0.25, 0.3) is 16.6 Å². The molecule has 0 bridgehead atoms. The average molecular weight is 354 g/mol. The topological polar surface area (TPSA) is 110 Å². The number of nitrogens with one attached hydrogen (secondary N) is 1. The molecule has 3 heterocycles. The molecule has 0 spiro atoms. The molecule has 0 fully saturated rings. The van der Waals surface area contributed by atoms with Crippen LogP contribution in [0.2, 0.25) is 0 Å². The molecule has 0 radical (unpaired) electrons. The molecule has 0 aliphatic carbocycles. The van der Waals surface area contributed by atoms with E-state index in [1.54, 1.807) is 18.5 Å². The zero-order valence-electron chi connectivity index (χ0n) is 13.1. The Bertz CT molecular complexity index is 1160. The summed E-state index contributed by atoms with van der Waals surface area (Å²) in [6.45, 7) is -0.0455. The van der Waals surface area contributed by atoms with Crippen LogP contribution in [-0.2, 0) is 6.54 Å². The van der Waals surface area contributed by atoms with Gasteiger partial charge in [-0.05, 0) is 24.3 Å². The lowest BCUT2D eigenvalue weighted by Gasteiger charge is -2.01. The van der Waals surface area contributed by atoms with Crippen molar-refractivity contribution in [1.82, 2.24) is 19.9 Å². The molecule has 1 aromatic carbocycles. The summed E-state index contributed by atoms with van der Waals surface area (Å²) in [6.07, 6.45) is 4.59. The van der Waals surface area contributed by atoms with Crippen LogP contribution < -0.4 is 5.32 Å². The molecule has 4 aromatic rings. The molecule has 0 unspecified atom stereocenters. The summed E-state index contributed by atoms with van der Waals surface area (Å²) < 4.78 is 20.8. The van der Waals surface area contributed by atoms with Crippen molar-refractivity contribution in [2.45, 2.75) is 6.54 Å². The van der Waals surface area contributed by atoms with E-state index in [4.69, 9.17) is 9.52 Å². The van der Waals surface area contributed by atoms with Gasteiger partial charge in [-0.3, -0.25) is 4.79 Å². The van der Waals surface area contributed by atoms with E-state index in [1.807, 2.05) is 0 Å². The Balaban J connectivity index is 1.60. The van der Waals surface area contributed by atoms with Crippen LogP contribution >= 0.6 is 0 Å². The first-order valence-electron chi connectivity index (χ1n) is 7.55. The Kier molecular flexibility index (Phi) is 3.61. The number of aromatic carboxylic acids is 1. The van der Waals surface area contributed by atoms with Crippen LogP contribution in [0.5, 0.6) is 0 Å². The Labute approximate surface area is 144 Å².